The molecule has 1 saturated heterocycles. The summed E-state index contributed by atoms with van der Waals surface area (Å²) in [4.78, 5) is 14.5. The van der Waals surface area contributed by atoms with E-state index in [2.05, 4.69) is 6.92 Å². The molecule has 0 N–H and O–H groups in total. The van der Waals surface area contributed by atoms with E-state index in [1.54, 1.807) is 11.0 Å². The average Bonchev–Trinajstić information content (AvgIpc) is 2.58. The summed E-state index contributed by atoms with van der Waals surface area (Å²) >= 11 is 0. The van der Waals surface area contributed by atoms with Crippen LogP contribution < -0.4 is 4.31 Å². The van der Waals surface area contributed by atoms with Gasteiger partial charge in [0.15, 0.2) is 0 Å². The predicted molar refractivity (Wildman–Crippen MR) is 101 cm³/mol. The molecule has 1 heterocycles. The highest BCUT2D eigenvalue weighted by molar-refractivity contribution is 7.92. The van der Waals surface area contributed by atoms with Crippen LogP contribution in [-0.2, 0) is 14.8 Å². The number of nitrogens with zero attached hydrogens (tertiary/aromatic N) is 2. The fraction of sp³-hybridized carbons (Fsp3) is 0.421. The molecule has 1 aliphatic rings. The minimum Gasteiger partial charge on any atom is -0.341 e. The number of hydrogen-bond acceptors (Lipinski definition) is 3. The third-order valence-corrected chi connectivity index (χ3v) is 5.85. The van der Waals surface area contributed by atoms with E-state index >= 15 is 0 Å². The lowest BCUT2D eigenvalue weighted by Gasteiger charge is -2.33. The number of amides is 1. The zero-order chi connectivity index (χ0) is 18.0. The molecule has 0 saturated carbocycles. The number of benzene rings is 2. The highest BCUT2D eigenvalue weighted by Crippen LogP contribution is 2.28. The molecule has 1 amide bonds. The molecular weight excluding hydrogens is 336 g/mol. The summed E-state index contributed by atoms with van der Waals surface area (Å²) in [5.41, 5.74) is 0.555. The van der Waals surface area contributed by atoms with Crippen LogP contribution in [0.5, 0.6) is 0 Å². The summed E-state index contributed by atoms with van der Waals surface area (Å²) in [7, 11) is -3.57. The van der Waals surface area contributed by atoms with Crippen LogP contribution in [0.15, 0.2) is 42.5 Å². The average molecular weight is 360 g/mol. The van der Waals surface area contributed by atoms with E-state index in [-0.39, 0.29) is 12.5 Å². The van der Waals surface area contributed by atoms with Gasteiger partial charge in [-0.2, -0.15) is 0 Å². The summed E-state index contributed by atoms with van der Waals surface area (Å²) in [5.74, 6) is 0.326. The van der Waals surface area contributed by atoms with Crippen molar-refractivity contribution in [3.05, 3.63) is 42.5 Å². The number of fused-ring (bicyclic) bond motifs is 1. The van der Waals surface area contributed by atoms with E-state index < -0.39 is 10.0 Å². The Morgan fingerprint density at radius 1 is 1.20 bits per heavy atom. The lowest BCUT2D eigenvalue weighted by Crippen LogP contribution is -2.46. The molecule has 2 aromatic rings. The maximum absolute atomic E-state index is 12.7. The molecule has 0 spiro atoms. The molecule has 1 aliphatic heterocycles. The van der Waals surface area contributed by atoms with Crippen LogP contribution in [-0.4, -0.2) is 45.1 Å². The minimum atomic E-state index is -3.57. The van der Waals surface area contributed by atoms with Crippen molar-refractivity contribution < 1.29 is 13.2 Å². The molecular formula is C19H24N2O3S. The first-order valence-corrected chi connectivity index (χ1v) is 10.4. The number of sulfonamides is 1. The van der Waals surface area contributed by atoms with Crippen LogP contribution in [0.25, 0.3) is 10.8 Å². The molecule has 0 aromatic heterocycles. The Balaban J connectivity index is 1.94. The SMILES string of the molecule is CC1CCCN(C(=O)CN(c2cccc3ccccc23)S(C)(=O)=O)C1. The third-order valence-electron chi connectivity index (χ3n) is 4.72. The Bertz CT molecular complexity index is 874. The van der Waals surface area contributed by atoms with E-state index in [4.69, 9.17) is 0 Å². The van der Waals surface area contributed by atoms with Crippen molar-refractivity contribution in [2.75, 3.05) is 30.2 Å². The number of carbonyl (C=O) groups is 1. The number of likely N-dealkylation sites (tertiary alicyclic amines) is 1. The second-order valence-electron chi connectivity index (χ2n) is 6.86. The van der Waals surface area contributed by atoms with Crippen molar-refractivity contribution in [3.63, 3.8) is 0 Å². The van der Waals surface area contributed by atoms with Gasteiger partial charge in [-0.05, 0) is 30.2 Å². The van der Waals surface area contributed by atoms with Gasteiger partial charge in [-0.25, -0.2) is 8.42 Å². The molecule has 6 heteroatoms. The van der Waals surface area contributed by atoms with Crippen molar-refractivity contribution >= 4 is 32.4 Å². The molecule has 1 fully saturated rings. The Labute approximate surface area is 149 Å². The summed E-state index contributed by atoms with van der Waals surface area (Å²) in [6.07, 6.45) is 3.24. The largest absolute Gasteiger partial charge is 0.341 e. The number of hydrogen-bond donors (Lipinski definition) is 0. The van der Waals surface area contributed by atoms with Gasteiger partial charge in [0.1, 0.15) is 6.54 Å². The van der Waals surface area contributed by atoms with Crippen molar-refractivity contribution in [2.24, 2.45) is 5.92 Å². The molecule has 3 rings (SSSR count). The standard InChI is InChI=1S/C19H24N2O3S/c1-15-7-6-12-20(13-15)19(22)14-21(25(2,23)24)18-11-5-9-16-8-3-4-10-17(16)18/h3-5,8-11,15H,6-7,12-14H2,1-2H3. The van der Waals surface area contributed by atoms with Gasteiger partial charge in [0, 0.05) is 18.5 Å². The van der Waals surface area contributed by atoms with Crippen LogP contribution in [0.4, 0.5) is 5.69 Å². The van der Waals surface area contributed by atoms with E-state index in [0.717, 1.165) is 29.9 Å². The van der Waals surface area contributed by atoms with Gasteiger partial charge in [0.2, 0.25) is 15.9 Å². The topological polar surface area (TPSA) is 57.7 Å². The molecule has 1 unspecified atom stereocenters. The lowest BCUT2D eigenvalue weighted by atomic mass is 10.0. The second-order valence-corrected chi connectivity index (χ2v) is 8.76. The van der Waals surface area contributed by atoms with Crippen molar-refractivity contribution in [2.45, 2.75) is 19.8 Å². The Kier molecular flexibility index (Phi) is 4.99. The van der Waals surface area contributed by atoms with Crippen LogP contribution in [0.2, 0.25) is 0 Å². The monoisotopic (exact) mass is 360 g/mol. The van der Waals surface area contributed by atoms with Gasteiger partial charge in [-0.15, -0.1) is 0 Å². The zero-order valence-corrected chi connectivity index (χ0v) is 15.5. The first-order chi connectivity index (χ1) is 11.9. The van der Waals surface area contributed by atoms with Crippen LogP contribution in [0.3, 0.4) is 0 Å². The summed E-state index contributed by atoms with van der Waals surface area (Å²) in [6, 6.07) is 13.1. The fourth-order valence-electron chi connectivity index (χ4n) is 3.45. The molecule has 134 valence electrons. The smallest absolute Gasteiger partial charge is 0.243 e. The third kappa shape index (κ3) is 3.95. The summed E-state index contributed by atoms with van der Waals surface area (Å²) in [6.45, 7) is 3.38. The number of anilines is 1. The molecule has 0 aliphatic carbocycles. The predicted octanol–water partition coefficient (Wildman–Crippen LogP) is 2.86. The van der Waals surface area contributed by atoms with Crippen molar-refractivity contribution in [1.29, 1.82) is 0 Å². The number of carbonyl (C=O) groups excluding carboxylic acids is 1. The Morgan fingerprint density at radius 2 is 1.92 bits per heavy atom. The lowest BCUT2D eigenvalue weighted by molar-refractivity contribution is -0.131. The first-order valence-electron chi connectivity index (χ1n) is 8.59. The summed E-state index contributed by atoms with van der Waals surface area (Å²) in [5, 5.41) is 1.78. The maximum atomic E-state index is 12.7. The molecule has 2 aromatic carbocycles. The van der Waals surface area contributed by atoms with Crippen LogP contribution >= 0.6 is 0 Å². The molecule has 25 heavy (non-hydrogen) atoms. The van der Waals surface area contributed by atoms with E-state index in [1.807, 2.05) is 36.4 Å². The number of rotatable bonds is 4. The zero-order valence-electron chi connectivity index (χ0n) is 14.7. The highest BCUT2D eigenvalue weighted by atomic mass is 32.2. The number of piperidine rings is 1. The van der Waals surface area contributed by atoms with Gasteiger partial charge in [-0.1, -0.05) is 43.3 Å². The van der Waals surface area contributed by atoms with Gasteiger partial charge in [-0.3, -0.25) is 9.10 Å². The van der Waals surface area contributed by atoms with Crippen LogP contribution in [0.1, 0.15) is 19.8 Å². The van der Waals surface area contributed by atoms with E-state index in [9.17, 15) is 13.2 Å². The molecule has 5 nitrogen and oxygen atoms in total. The summed E-state index contributed by atoms with van der Waals surface area (Å²) < 4.78 is 26.1. The van der Waals surface area contributed by atoms with Gasteiger partial charge in [0.25, 0.3) is 0 Å². The van der Waals surface area contributed by atoms with Crippen molar-refractivity contribution in [3.8, 4) is 0 Å². The maximum Gasteiger partial charge on any atom is 0.243 e. The second kappa shape index (κ2) is 7.04. The van der Waals surface area contributed by atoms with Gasteiger partial charge >= 0.3 is 0 Å². The van der Waals surface area contributed by atoms with E-state index in [0.29, 0.717) is 24.7 Å². The quantitative estimate of drug-likeness (QED) is 0.842. The van der Waals surface area contributed by atoms with Gasteiger partial charge < -0.3 is 4.90 Å². The Hall–Kier alpha value is -2.08. The minimum absolute atomic E-state index is 0.134. The molecule has 0 bridgehead atoms. The van der Waals surface area contributed by atoms with Gasteiger partial charge in [0.05, 0.1) is 11.9 Å². The van der Waals surface area contributed by atoms with Crippen molar-refractivity contribution in [1.82, 2.24) is 4.90 Å². The molecule has 0 radical (unpaired) electrons. The molecule has 1 atom stereocenters. The normalized spacial score (nSPS) is 18.3. The highest BCUT2D eigenvalue weighted by Gasteiger charge is 2.27. The fourth-order valence-corrected chi connectivity index (χ4v) is 4.31. The van der Waals surface area contributed by atoms with Crippen LogP contribution in [0, 0.1) is 5.92 Å². The Morgan fingerprint density at radius 3 is 2.64 bits per heavy atom. The van der Waals surface area contributed by atoms with E-state index in [1.165, 1.54) is 4.31 Å². The first kappa shape index (κ1) is 17.7.